The van der Waals surface area contributed by atoms with Crippen molar-refractivity contribution in [2.24, 2.45) is 0 Å². The smallest absolute Gasteiger partial charge is 0.299 e. The van der Waals surface area contributed by atoms with Crippen molar-refractivity contribution in [2.75, 3.05) is 0 Å². The number of hydrogen-bond donors (Lipinski definition) is 0. The molecule has 0 saturated heterocycles. The molecule has 0 unspecified atom stereocenters. The van der Waals surface area contributed by atoms with Crippen LogP contribution in [0.2, 0.25) is 0 Å². The van der Waals surface area contributed by atoms with E-state index in [0.717, 1.165) is 12.5 Å². The van der Waals surface area contributed by atoms with E-state index in [9.17, 15) is 19.3 Å². The van der Waals surface area contributed by atoms with Crippen molar-refractivity contribution in [2.45, 2.75) is 26.4 Å². The Bertz CT molecular complexity index is 690. The average Bonchev–Trinajstić information content (AvgIpc) is 2.74. The van der Waals surface area contributed by atoms with Crippen molar-refractivity contribution in [3.8, 4) is 0 Å². The first-order chi connectivity index (χ1) is 9.54. The molecule has 2 rings (SSSR count). The second-order valence-electron chi connectivity index (χ2n) is 4.41. The maximum absolute atomic E-state index is 13.9. The number of nitro groups is 1. The van der Waals surface area contributed by atoms with Gasteiger partial charge in [-0.25, -0.2) is 4.79 Å². The van der Waals surface area contributed by atoms with Crippen LogP contribution in [0.4, 0.5) is 10.1 Å². The molecule has 0 atom stereocenters. The fraction of sp³-hybridized carbons (Fsp3) is 0.308. The molecule has 0 aliphatic heterocycles. The monoisotopic (exact) mass is 279 g/mol. The Balaban J connectivity index is 2.33. The zero-order valence-corrected chi connectivity index (χ0v) is 11.0. The van der Waals surface area contributed by atoms with E-state index in [4.69, 9.17) is 0 Å². The largest absolute Gasteiger partial charge is 0.328 e. The molecule has 0 fully saturated rings. The third-order valence-corrected chi connectivity index (χ3v) is 2.98. The highest BCUT2D eigenvalue weighted by Gasteiger charge is 2.17. The van der Waals surface area contributed by atoms with E-state index in [-0.39, 0.29) is 17.8 Å². The van der Waals surface area contributed by atoms with E-state index in [1.165, 1.54) is 21.3 Å². The van der Waals surface area contributed by atoms with Gasteiger partial charge in [-0.05, 0) is 6.42 Å². The summed E-state index contributed by atoms with van der Waals surface area (Å²) in [6, 6.07) is 3.94. The first-order valence-electron chi connectivity index (χ1n) is 6.22. The Labute approximate surface area is 114 Å². The van der Waals surface area contributed by atoms with E-state index in [0.29, 0.717) is 6.54 Å². The van der Waals surface area contributed by atoms with Crippen LogP contribution in [0.15, 0.2) is 35.4 Å². The van der Waals surface area contributed by atoms with Crippen molar-refractivity contribution in [1.29, 1.82) is 0 Å². The number of imidazole rings is 1. The molecular formula is C13H14FN3O3. The van der Waals surface area contributed by atoms with Crippen LogP contribution < -0.4 is 5.69 Å². The molecule has 1 aromatic heterocycles. The fourth-order valence-corrected chi connectivity index (χ4v) is 2.00. The highest BCUT2D eigenvalue weighted by molar-refractivity contribution is 5.36. The molecule has 0 bridgehead atoms. The highest BCUT2D eigenvalue weighted by atomic mass is 19.1. The minimum Gasteiger partial charge on any atom is -0.299 e. The van der Waals surface area contributed by atoms with Gasteiger partial charge in [0, 0.05) is 30.6 Å². The molecule has 2 aromatic rings. The summed E-state index contributed by atoms with van der Waals surface area (Å²) in [4.78, 5) is 21.9. The fourth-order valence-electron chi connectivity index (χ4n) is 2.00. The number of aryl methyl sites for hydroxylation is 1. The van der Waals surface area contributed by atoms with Crippen LogP contribution in [-0.4, -0.2) is 14.1 Å². The zero-order chi connectivity index (χ0) is 14.7. The molecule has 0 aliphatic carbocycles. The number of benzene rings is 1. The standard InChI is InChI=1S/C13H14FN3O3/c1-2-6-15-7-8-16(13(15)18)9-10-4-3-5-11(12(10)14)17(19)20/h3-5,7-8H,2,6,9H2,1H3. The number of halogens is 1. The van der Waals surface area contributed by atoms with E-state index in [1.54, 1.807) is 12.4 Å². The summed E-state index contributed by atoms with van der Waals surface area (Å²) in [5.41, 5.74) is -0.711. The lowest BCUT2D eigenvalue weighted by Gasteiger charge is -2.04. The Kier molecular flexibility index (Phi) is 3.97. The van der Waals surface area contributed by atoms with Gasteiger partial charge in [0.15, 0.2) is 0 Å². The van der Waals surface area contributed by atoms with Crippen molar-refractivity contribution in [3.05, 3.63) is 62.6 Å². The quantitative estimate of drug-likeness (QED) is 0.622. The molecule has 0 aliphatic rings. The Hall–Kier alpha value is -2.44. The van der Waals surface area contributed by atoms with Crippen molar-refractivity contribution in [3.63, 3.8) is 0 Å². The molecule has 1 heterocycles. The molecule has 20 heavy (non-hydrogen) atoms. The molecule has 0 spiro atoms. The SMILES string of the molecule is CCCn1ccn(Cc2cccc([N+](=O)[O-])c2F)c1=O. The van der Waals surface area contributed by atoms with Gasteiger partial charge in [0.25, 0.3) is 0 Å². The predicted molar refractivity (Wildman–Crippen MR) is 71.1 cm³/mol. The lowest BCUT2D eigenvalue weighted by Crippen LogP contribution is -2.24. The van der Waals surface area contributed by atoms with Crippen LogP contribution in [0.3, 0.4) is 0 Å². The van der Waals surface area contributed by atoms with Crippen LogP contribution >= 0.6 is 0 Å². The maximum Gasteiger partial charge on any atom is 0.328 e. The molecule has 7 heteroatoms. The lowest BCUT2D eigenvalue weighted by atomic mass is 10.2. The number of nitro benzene ring substituents is 1. The van der Waals surface area contributed by atoms with Crippen LogP contribution in [0.25, 0.3) is 0 Å². The lowest BCUT2D eigenvalue weighted by molar-refractivity contribution is -0.387. The molecule has 0 radical (unpaired) electrons. The Morgan fingerprint density at radius 2 is 2.00 bits per heavy atom. The van der Waals surface area contributed by atoms with Crippen LogP contribution in [0.1, 0.15) is 18.9 Å². The van der Waals surface area contributed by atoms with E-state index >= 15 is 0 Å². The number of rotatable bonds is 5. The maximum atomic E-state index is 13.9. The third-order valence-electron chi connectivity index (χ3n) is 2.98. The summed E-state index contributed by atoms with van der Waals surface area (Å²) < 4.78 is 16.8. The first-order valence-corrected chi connectivity index (χ1v) is 6.22. The van der Waals surface area contributed by atoms with Gasteiger partial charge >= 0.3 is 11.4 Å². The topological polar surface area (TPSA) is 70.1 Å². The van der Waals surface area contributed by atoms with Gasteiger partial charge in [-0.2, -0.15) is 4.39 Å². The number of hydrogen-bond acceptors (Lipinski definition) is 3. The molecule has 106 valence electrons. The van der Waals surface area contributed by atoms with Gasteiger partial charge < -0.3 is 0 Å². The average molecular weight is 279 g/mol. The number of aromatic nitrogens is 2. The van der Waals surface area contributed by atoms with Crippen molar-refractivity contribution < 1.29 is 9.31 Å². The van der Waals surface area contributed by atoms with Crippen molar-refractivity contribution in [1.82, 2.24) is 9.13 Å². The summed E-state index contributed by atoms with van der Waals surface area (Å²) >= 11 is 0. The molecule has 1 aromatic carbocycles. The molecule has 6 nitrogen and oxygen atoms in total. The van der Waals surface area contributed by atoms with Gasteiger partial charge in [-0.15, -0.1) is 0 Å². The summed E-state index contributed by atoms with van der Waals surface area (Å²) in [6.07, 6.45) is 3.99. The van der Waals surface area contributed by atoms with Gasteiger partial charge in [-0.1, -0.05) is 19.1 Å². The third kappa shape index (κ3) is 2.61. The minimum atomic E-state index is -0.896. The number of nitrogens with zero attached hydrogens (tertiary/aromatic N) is 3. The van der Waals surface area contributed by atoms with E-state index in [2.05, 4.69) is 0 Å². The van der Waals surface area contributed by atoms with Gasteiger partial charge in [0.1, 0.15) is 0 Å². The molecule has 0 amide bonds. The summed E-state index contributed by atoms with van der Waals surface area (Å²) in [6.45, 7) is 2.51. The molecule has 0 saturated carbocycles. The van der Waals surface area contributed by atoms with E-state index < -0.39 is 16.4 Å². The van der Waals surface area contributed by atoms with Crippen LogP contribution in [-0.2, 0) is 13.1 Å². The second kappa shape index (κ2) is 5.68. The van der Waals surface area contributed by atoms with Crippen LogP contribution in [0.5, 0.6) is 0 Å². The molecular weight excluding hydrogens is 265 g/mol. The van der Waals surface area contributed by atoms with E-state index in [1.807, 2.05) is 6.92 Å². The Morgan fingerprint density at radius 3 is 2.65 bits per heavy atom. The van der Waals surface area contributed by atoms with Gasteiger partial charge in [0.2, 0.25) is 5.82 Å². The highest BCUT2D eigenvalue weighted by Crippen LogP contribution is 2.20. The van der Waals surface area contributed by atoms with Crippen LogP contribution in [0, 0.1) is 15.9 Å². The van der Waals surface area contributed by atoms with Gasteiger partial charge in [0.05, 0.1) is 11.5 Å². The Morgan fingerprint density at radius 1 is 1.30 bits per heavy atom. The first kappa shape index (κ1) is 14.0. The van der Waals surface area contributed by atoms with Gasteiger partial charge in [-0.3, -0.25) is 19.2 Å². The van der Waals surface area contributed by atoms with Crippen molar-refractivity contribution >= 4 is 5.69 Å². The summed E-state index contributed by atoms with van der Waals surface area (Å²) in [5, 5.41) is 10.7. The summed E-state index contributed by atoms with van der Waals surface area (Å²) in [7, 11) is 0. The predicted octanol–water partition coefficient (Wildman–Crippen LogP) is 2.16. The zero-order valence-electron chi connectivity index (χ0n) is 11.0. The second-order valence-corrected chi connectivity index (χ2v) is 4.41. The normalized spacial score (nSPS) is 10.7. The minimum absolute atomic E-state index is 0.0247. The molecule has 0 N–H and O–H groups in total. The summed E-state index contributed by atoms with van der Waals surface area (Å²) in [5.74, 6) is -0.896.